The lowest BCUT2D eigenvalue weighted by atomic mass is 9.65. The van der Waals surface area contributed by atoms with Crippen molar-refractivity contribution in [1.29, 1.82) is 0 Å². The third kappa shape index (κ3) is 2.39. The highest BCUT2D eigenvalue weighted by atomic mass is 16.5. The molecular formula is C16H23NO2. The number of carbonyl (C=O) groups is 1. The van der Waals surface area contributed by atoms with Gasteiger partial charge >= 0.3 is 0 Å². The Morgan fingerprint density at radius 2 is 1.95 bits per heavy atom. The molecule has 0 radical (unpaired) electrons. The zero-order chi connectivity index (χ0) is 14.1. The first-order valence-electron chi connectivity index (χ1n) is 6.81. The van der Waals surface area contributed by atoms with Gasteiger partial charge in [-0.05, 0) is 25.0 Å². The van der Waals surface area contributed by atoms with Crippen LogP contribution in [0.1, 0.15) is 32.8 Å². The second kappa shape index (κ2) is 4.97. The molecule has 1 atom stereocenters. The van der Waals surface area contributed by atoms with Gasteiger partial charge < -0.3 is 10.1 Å². The van der Waals surface area contributed by atoms with E-state index in [1.54, 1.807) is 7.11 Å². The van der Waals surface area contributed by atoms with Gasteiger partial charge in [-0.3, -0.25) is 4.79 Å². The van der Waals surface area contributed by atoms with E-state index >= 15 is 0 Å². The van der Waals surface area contributed by atoms with Gasteiger partial charge in [0.2, 0.25) is 0 Å². The normalized spacial score (nSPS) is 26.2. The van der Waals surface area contributed by atoms with E-state index < -0.39 is 0 Å². The molecule has 2 rings (SSSR count). The minimum Gasteiger partial charge on any atom is -0.496 e. The van der Waals surface area contributed by atoms with Crippen LogP contribution in [0.2, 0.25) is 0 Å². The minimum atomic E-state index is -0.369. The van der Waals surface area contributed by atoms with Crippen molar-refractivity contribution in [3.05, 3.63) is 29.8 Å². The standard InChI is InChI=1S/C16H23NO2/c1-15(2)14(18)9-10-17-16(15,3)11-12-7-5-6-8-13(12)19-4/h5-8,17H,9-11H2,1-4H3/t16-/m1/s1. The molecular weight excluding hydrogens is 238 g/mol. The molecule has 19 heavy (non-hydrogen) atoms. The third-order valence-corrected chi connectivity index (χ3v) is 4.68. The number of para-hydroxylation sites is 1. The SMILES string of the molecule is COc1ccccc1C[C@@]1(C)NCCC(=O)C1(C)C. The van der Waals surface area contributed by atoms with E-state index in [1.807, 2.05) is 32.0 Å². The first-order chi connectivity index (χ1) is 8.90. The first kappa shape index (κ1) is 14.1. The van der Waals surface area contributed by atoms with Crippen LogP contribution in [0.3, 0.4) is 0 Å². The zero-order valence-electron chi connectivity index (χ0n) is 12.2. The lowest BCUT2D eigenvalue weighted by Crippen LogP contribution is -2.62. The summed E-state index contributed by atoms with van der Waals surface area (Å²) in [5.41, 5.74) is 0.533. The Hall–Kier alpha value is -1.35. The minimum absolute atomic E-state index is 0.239. The average Bonchev–Trinajstić information content (AvgIpc) is 2.37. The van der Waals surface area contributed by atoms with Crippen molar-refractivity contribution < 1.29 is 9.53 Å². The van der Waals surface area contributed by atoms with Crippen LogP contribution in [-0.4, -0.2) is 25.0 Å². The summed E-state index contributed by atoms with van der Waals surface area (Å²) in [7, 11) is 1.69. The van der Waals surface area contributed by atoms with Crippen LogP contribution in [0.25, 0.3) is 0 Å². The van der Waals surface area contributed by atoms with Crippen LogP contribution < -0.4 is 10.1 Å². The summed E-state index contributed by atoms with van der Waals surface area (Å²) in [5, 5.41) is 3.54. The molecule has 0 unspecified atom stereocenters. The maximum absolute atomic E-state index is 12.2. The Labute approximate surface area is 115 Å². The van der Waals surface area contributed by atoms with Gasteiger partial charge in [-0.25, -0.2) is 0 Å². The highest BCUT2D eigenvalue weighted by molar-refractivity contribution is 5.86. The second-order valence-corrected chi connectivity index (χ2v) is 6.05. The fraction of sp³-hybridized carbons (Fsp3) is 0.562. The number of nitrogens with one attached hydrogen (secondary N) is 1. The number of benzene rings is 1. The van der Waals surface area contributed by atoms with Crippen molar-refractivity contribution in [2.75, 3.05) is 13.7 Å². The number of methoxy groups -OCH3 is 1. The van der Waals surface area contributed by atoms with E-state index in [2.05, 4.69) is 18.3 Å². The number of rotatable bonds is 3. The molecule has 1 aliphatic rings. The maximum atomic E-state index is 12.2. The largest absolute Gasteiger partial charge is 0.496 e. The molecule has 1 aliphatic heterocycles. The summed E-state index contributed by atoms with van der Waals surface area (Å²) in [6, 6.07) is 8.02. The molecule has 1 aromatic carbocycles. The Morgan fingerprint density at radius 1 is 1.26 bits per heavy atom. The lowest BCUT2D eigenvalue weighted by molar-refractivity contribution is -0.134. The van der Waals surface area contributed by atoms with E-state index in [4.69, 9.17) is 4.74 Å². The van der Waals surface area contributed by atoms with Crippen molar-refractivity contribution in [2.24, 2.45) is 5.41 Å². The van der Waals surface area contributed by atoms with Gasteiger partial charge in [0.05, 0.1) is 7.11 Å². The molecule has 104 valence electrons. The lowest BCUT2D eigenvalue weighted by Gasteiger charge is -2.47. The molecule has 1 fully saturated rings. The third-order valence-electron chi connectivity index (χ3n) is 4.68. The van der Waals surface area contributed by atoms with Crippen LogP contribution in [0.5, 0.6) is 5.75 Å². The second-order valence-electron chi connectivity index (χ2n) is 6.05. The van der Waals surface area contributed by atoms with Crippen LogP contribution >= 0.6 is 0 Å². The molecule has 0 saturated carbocycles. The van der Waals surface area contributed by atoms with Crippen molar-refractivity contribution in [2.45, 2.75) is 39.2 Å². The van der Waals surface area contributed by atoms with E-state index in [9.17, 15) is 4.79 Å². The molecule has 1 saturated heterocycles. The Kier molecular flexibility index (Phi) is 3.68. The maximum Gasteiger partial charge on any atom is 0.141 e. The highest BCUT2D eigenvalue weighted by Crippen LogP contribution is 2.39. The molecule has 0 aliphatic carbocycles. The highest BCUT2D eigenvalue weighted by Gasteiger charge is 2.48. The summed E-state index contributed by atoms with van der Waals surface area (Å²) < 4.78 is 5.41. The predicted octanol–water partition coefficient (Wildman–Crippen LogP) is 2.59. The molecule has 1 aromatic rings. The van der Waals surface area contributed by atoms with Crippen LogP contribution in [0, 0.1) is 5.41 Å². The smallest absolute Gasteiger partial charge is 0.141 e. The number of ketones is 1. The fourth-order valence-corrected chi connectivity index (χ4v) is 2.81. The zero-order valence-corrected chi connectivity index (χ0v) is 12.2. The summed E-state index contributed by atoms with van der Waals surface area (Å²) >= 11 is 0. The quantitative estimate of drug-likeness (QED) is 0.909. The van der Waals surface area contributed by atoms with E-state index in [1.165, 1.54) is 0 Å². The molecule has 3 nitrogen and oxygen atoms in total. The molecule has 0 spiro atoms. The van der Waals surface area contributed by atoms with Crippen LogP contribution in [0.15, 0.2) is 24.3 Å². The van der Waals surface area contributed by atoms with E-state index in [0.717, 1.165) is 24.3 Å². The molecule has 1 heterocycles. The van der Waals surface area contributed by atoms with Gasteiger partial charge in [-0.15, -0.1) is 0 Å². The molecule has 3 heteroatoms. The number of carbonyl (C=O) groups excluding carboxylic acids is 1. The molecule has 0 aromatic heterocycles. The van der Waals surface area contributed by atoms with E-state index in [-0.39, 0.29) is 11.0 Å². The van der Waals surface area contributed by atoms with Gasteiger partial charge in [-0.1, -0.05) is 32.0 Å². The first-order valence-corrected chi connectivity index (χ1v) is 6.81. The molecule has 1 N–H and O–H groups in total. The van der Waals surface area contributed by atoms with E-state index in [0.29, 0.717) is 12.2 Å². The Morgan fingerprint density at radius 3 is 2.63 bits per heavy atom. The summed E-state index contributed by atoms with van der Waals surface area (Å²) in [4.78, 5) is 12.2. The Bertz CT molecular complexity index is 481. The monoisotopic (exact) mass is 261 g/mol. The summed E-state index contributed by atoms with van der Waals surface area (Å²) in [5.74, 6) is 1.22. The number of piperidine rings is 1. The number of hydrogen-bond acceptors (Lipinski definition) is 3. The Balaban J connectivity index is 2.32. The number of hydrogen-bond donors (Lipinski definition) is 1. The topological polar surface area (TPSA) is 38.3 Å². The fourth-order valence-electron chi connectivity index (χ4n) is 2.81. The molecule has 0 bridgehead atoms. The van der Waals surface area contributed by atoms with Gasteiger partial charge in [0, 0.05) is 23.9 Å². The van der Waals surface area contributed by atoms with Gasteiger partial charge in [0.1, 0.15) is 11.5 Å². The average molecular weight is 261 g/mol. The van der Waals surface area contributed by atoms with Gasteiger partial charge in [0.25, 0.3) is 0 Å². The van der Waals surface area contributed by atoms with Crippen molar-refractivity contribution in [3.63, 3.8) is 0 Å². The van der Waals surface area contributed by atoms with Gasteiger partial charge in [0.15, 0.2) is 0 Å². The summed E-state index contributed by atoms with van der Waals surface area (Å²) in [6.45, 7) is 6.97. The van der Waals surface area contributed by atoms with Crippen molar-refractivity contribution >= 4 is 5.78 Å². The van der Waals surface area contributed by atoms with Crippen molar-refractivity contribution in [1.82, 2.24) is 5.32 Å². The van der Waals surface area contributed by atoms with Crippen molar-refractivity contribution in [3.8, 4) is 5.75 Å². The van der Waals surface area contributed by atoms with Crippen LogP contribution in [-0.2, 0) is 11.2 Å². The van der Waals surface area contributed by atoms with Crippen LogP contribution in [0.4, 0.5) is 0 Å². The molecule has 0 amide bonds. The number of Topliss-reactive ketones (excluding diaryl/α,β-unsaturated/α-hetero) is 1. The number of ether oxygens (including phenoxy) is 1. The van der Waals surface area contributed by atoms with Gasteiger partial charge in [-0.2, -0.15) is 0 Å². The predicted molar refractivity (Wildman–Crippen MR) is 76.5 cm³/mol. The summed E-state index contributed by atoms with van der Waals surface area (Å²) in [6.07, 6.45) is 1.41.